The van der Waals surface area contributed by atoms with Crippen molar-refractivity contribution in [2.75, 3.05) is 11.9 Å². The number of hydrogen-bond acceptors (Lipinski definition) is 4. The number of hydrogen-bond donors (Lipinski definition) is 2. The Morgan fingerprint density at radius 3 is 2.28 bits per heavy atom. The molecule has 2 N–H and O–H groups in total. The molecule has 182 valence electrons. The van der Waals surface area contributed by atoms with Crippen LogP contribution in [0.25, 0.3) is 0 Å². The van der Waals surface area contributed by atoms with E-state index in [4.69, 9.17) is 11.6 Å². The number of fused-ring (bicyclic) bond motifs is 4. The van der Waals surface area contributed by atoms with Crippen LogP contribution in [-0.2, 0) is 32.8 Å². The second-order valence-electron chi connectivity index (χ2n) is 9.92. The van der Waals surface area contributed by atoms with E-state index in [-0.39, 0.29) is 30.3 Å². The van der Waals surface area contributed by atoms with Gasteiger partial charge in [0.15, 0.2) is 0 Å². The number of likely N-dealkylation sites (tertiary alicyclic amines) is 1. The summed E-state index contributed by atoms with van der Waals surface area (Å²) >= 11 is 6.43. The molecule has 0 aromatic heterocycles. The minimum Gasteiger partial charge on any atom is -0.324 e. The Hall–Kier alpha value is -3.48. The van der Waals surface area contributed by atoms with Gasteiger partial charge in [-0.1, -0.05) is 72.3 Å². The molecule has 6 nitrogen and oxygen atoms in total. The van der Waals surface area contributed by atoms with E-state index in [2.05, 4.69) is 10.6 Å². The highest BCUT2D eigenvalue weighted by atomic mass is 35.5. The summed E-state index contributed by atoms with van der Waals surface area (Å²) in [5.41, 5.74) is 2.88. The maximum absolute atomic E-state index is 14.0. The van der Waals surface area contributed by atoms with Gasteiger partial charge in [-0.2, -0.15) is 0 Å². The van der Waals surface area contributed by atoms with Crippen LogP contribution >= 0.6 is 11.6 Å². The van der Waals surface area contributed by atoms with E-state index >= 15 is 0 Å². The zero-order valence-corrected chi connectivity index (χ0v) is 20.6. The van der Waals surface area contributed by atoms with Gasteiger partial charge in [0.2, 0.25) is 17.7 Å². The fourth-order valence-corrected chi connectivity index (χ4v) is 6.51. The van der Waals surface area contributed by atoms with Crippen molar-refractivity contribution in [2.45, 2.75) is 31.3 Å². The molecule has 0 saturated carbocycles. The highest BCUT2D eigenvalue weighted by Gasteiger charge is 2.70. The van der Waals surface area contributed by atoms with Gasteiger partial charge in [-0.25, -0.2) is 0 Å². The summed E-state index contributed by atoms with van der Waals surface area (Å²) in [6.45, 7) is 2.16. The number of aryl methyl sites for hydroxylation is 1. The van der Waals surface area contributed by atoms with E-state index in [1.165, 1.54) is 4.90 Å². The van der Waals surface area contributed by atoms with E-state index in [1.807, 2.05) is 67.6 Å². The predicted molar refractivity (Wildman–Crippen MR) is 137 cm³/mol. The largest absolute Gasteiger partial charge is 0.324 e. The molecule has 3 aromatic rings. The Bertz CT molecular complexity index is 1380. The number of nitrogens with one attached hydrogen (secondary N) is 2. The molecule has 3 aliphatic rings. The maximum atomic E-state index is 14.0. The number of anilines is 1. The lowest BCUT2D eigenvalue weighted by atomic mass is 9.76. The van der Waals surface area contributed by atoms with Gasteiger partial charge in [-0.05, 0) is 48.6 Å². The Labute approximate surface area is 214 Å². The molecule has 3 aliphatic heterocycles. The second kappa shape index (κ2) is 8.57. The molecule has 0 unspecified atom stereocenters. The Morgan fingerprint density at radius 1 is 0.917 bits per heavy atom. The molecule has 36 heavy (non-hydrogen) atoms. The number of amides is 3. The van der Waals surface area contributed by atoms with Crippen LogP contribution in [0.1, 0.15) is 22.3 Å². The van der Waals surface area contributed by atoms with Crippen molar-refractivity contribution in [3.05, 3.63) is 100 Å². The van der Waals surface area contributed by atoms with Crippen molar-refractivity contribution in [1.82, 2.24) is 10.2 Å². The maximum Gasteiger partial charge on any atom is 0.250 e. The SMILES string of the molecule is Cc1cc(Cl)cc2c1NC(=O)[C@]21N[C@H](Cc2ccccc2)[C@H]2C(=O)N(CCc3ccccc3)C(=O)[C@@H]21. The van der Waals surface area contributed by atoms with Crippen molar-refractivity contribution >= 4 is 35.0 Å². The monoisotopic (exact) mass is 499 g/mol. The molecule has 2 fully saturated rings. The Balaban J connectivity index is 1.42. The van der Waals surface area contributed by atoms with Gasteiger partial charge in [-0.3, -0.25) is 24.6 Å². The van der Waals surface area contributed by atoms with Crippen LogP contribution in [0.3, 0.4) is 0 Å². The quantitative estimate of drug-likeness (QED) is 0.523. The van der Waals surface area contributed by atoms with E-state index in [0.717, 1.165) is 16.7 Å². The van der Waals surface area contributed by atoms with E-state index in [9.17, 15) is 14.4 Å². The zero-order valence-electron chi connectivity index (χ0n) is 19.8. The van der Waals surface area contributed by atoms with Crippen LogP contribution in [-0.4, -0.2) is 35.2 Å². The minimum absolute atomic E-state index is 0.216. The van der Waals surface area contributed by atoms with Crippen molar-refractivity contribution in [3.8, 4) is 0 Å². The molecule has 0 bridgehead atoms. The molecule has 3 amide bonds. The summed E-state index contributed by atoms with van der Waals surface area (Å²) in [6, 6.07) is 22.8. The molecular formula is C29H26ClN3O3. The summed E-state index contributed by atoms with van der Waals surface area (Å²) in [7, 11) is 0. The third-order valence-corrected chi connectivity index (χ3v) is 8.06. The smallest absolute Gasteiger partial charge is 0.250 e. The van der Waals surface area contributed by atoms with Crippen molar-refractivity contribution in [2.24, 2.45) is 11.8 Å². The molecule has 0 radical (unpaired) electrons. The molecule has 3 heterocycles. The lowest BCUT2D eigenvalue weighted by Crippen LogP contribution is -2.53. The van der Waals surface area contributed by atoms with E-state index in [0.29, 0.717) is 29.1 Å². The fraction of sp³-hybridized carbons (Fsp3) is 0.276. The van der Waals surface area contributed by atoms with Crippen molar-refractivity contribution in [3.63, 3.8) is 0 Å². The second-order valence-corrected chi connectivity index (χ2v) is 10.4. The van der Waals surface area contributed by atoms with Crippen LogP contribution in [0.2, 0.25) is 5.02 Å². The highest BCUT2D eigenvalue weighted by Crippen LogP contribution is 2.54. The summed E-state index contributed by atoms with van der Waals surface area (Å²) in [5, 5.41) is 6.97. The van der Waals surface area contributed by atoms with Gasteiger partial charge in [0.05, 0.1) is 11.8 Å². The van der Waals surface area contributed by atoms with Gasteiger partial charge >= 0.3 is 0 Å². The number of halogens is 1. The average Bonchev–Trinajstić information content (AvgIpc) is 3.44. The normalized spacial score (nSPS) is 26.4. The number of carbonyl (C=O) groups is 3. The first-order valence-electron chi connectivity index (χ1n) is 12.2. The summed E-state index contributed by atoms with van der Waals surface area (Å²) in [6.07, 6.45) is 1.09. The molecule has 1 spiro atoms. The van der Waals surface area contributed by atoms with Crippen LogP contribution in [0, 0.1) is 18.8 Å². The van der Waals surface area contributed by atoms with Crippen molar-refractivity contribution in [1.29, 1.82) is 0 Å². The van der Waals surface area contributed by atoms with Crippen LogP contribution in [0.4, 0.5) is 5.69 Å². The lowest BCUT2D eigenvalue weighted by molar-refractivity contribution is -0.142. The zero-order chi connectivity index (χ0) is 25.0. The first-order chi connectivity index (χ1) is 17.4. The molecule has 2 saturated heterocycles. The van der Waals surface area contributed by atoms with E-state index in [1.54, 1.807) is 12.1 Å². The summed E-state index contributed by atoms with van der Waals surface area (Å²) in [4.78, 5) is 42.8. The summed E-state index contributed by atoms with van der Waals surface area (Å²) in [5.74, 6) is -2.31. The van der Waals surface area contributed by atoms with Crippen LogP contribution in [0.5, 0.6) is 0 Å². The summed E-state index contributed by atoms with van der Waals surface area (Å²) < 4.78 is 0. The van der Waals surface area contributed by atoms with Gasteiger partial charge < -0.3 is 5.32 Å². The third-order valence-electron chi connectivity index (χ3n) is 7.84. The number of benzene rings is 3. The molecule has 4 atom stereocenters. The molecule has 3 aromatic carbocycles. The average molecular weight is 500 g/mol. The lowest BCUT2D eigenvalue weighted by Gasteiger charge is -2.29. The molecule has 6 rings (SSSR count). The van der Waals surface area contributed by atoms with Crippen LogP contribution < -0.4 is 10.6 Å². The molecule has 0 aliphatic carbocycles. The Morgan fingerprint density at radius 2 is 1.58 bits per heavy atom. The fourth-order valence-electron chi connectivity index (χ4n) is 6.24. The number of rotatable bonds is 5. The van der Waals surface area contributed by atoms with Gasteiger partial charge in [0.1, 0.15) is 5.54 Å². The Kier molecular flexibility index (Phi) is 5.47. The molecule has 7 heteroatoms. The predicted octanol–water partition coefficient (Wildman–Crippen LogP) is 3.85. The minimum atomic E-state index is -1.34. The highest BCUT2D eigenvalue weighted by molar-refractivity contribution is 6.31. The number of imide groups is 1. The standard InChI is InChI=1S/C29H26ClN3O3/c1-17-14-20(30)16-21-25(17)31-28(36)29(21)24-23(22(32-29)15-19-10-6-3-7-11-19)26(34)33(27(24)35)13-12-18-8-4-2-5-9-18/h2-11,14,16,22-24,32H,12-13,15H2,1H3,(H,31,36)/t22-,23-,24-,29+/m1/s1. The topological polar surface area (TPSA) is 78.5 Å². The van der Waals surface area contributed by atoms with Gasteiger partial charge in [0, 0.05) is 28.9 Å². The van der Waals surface area contributed by atoms with Gasteiger partial charge in [0.25, 0.3) is 0 Å². The number of carbonyl (C=O) groups excluding carboxylic acids is 3. The third kappa shape index (κ3) is 3.39. The van der Waals surface area contributed by atoms with Crippen molar-refractivity contribution < 1.29 is 14.4 Å². The first kappa shape index (κ1) is 23.0. The first-order valence-corrected chi connectivity index (χ1v) is 12.6. The van der Waals surface area contributed by atoms with Gasteiger partial charge in [-0.15, -0.1) is 0 Å². The van der Waals surface area contributed by atoms with Crippen LogP contribution in [0.15, 0.2) is 72.8 Å². The molecular weight excluding hydrogens is 474 g/mol. The van der Waals surface area contributed by atoms with E-state index < -0.39 is 17.4 Å². The number of nitrogens with zero attached hydrogens (tertiary/aromatic N) is 1.